The van der Waals surface area contributed by atoms with Crippen LogP contribution in [0.3, 0.4) is 0 Å². The second-order valence-electron chi connectivity index (χ2n) is 2.99. The van der Waals surface area contributed by atoms with Crippen molar-refractivity contribution in [3.05, 3.63) is 35.9 Å². The van der Waals surface area contributed by atoms with Gasteiger partial charge in [0.15, 0.2) is 0 Å². The molecular formula is C10H12O. The molecule has 0 spiro atoms. The summed E-state index contributed by atoms with van der Waals surface area (Å²) in [7, 11) is 0. The van der Waals surface area contributed by atoms with Crippen LogP contribution in [0.1, 0.15) is 20.6 Å². The summed E-state index contributed by atoms with van der Waals surface area (Å²) in [6.45, 7) is -2.01. The molecular weight excluding hydrogens is 136 g/mol. The Morgan fingerprint density at radius 1 is 1.45 bits per heavy atom. The van der Waals surface area contributed by atoms with Crippen molar-refractivity contribution in [3.63, 3.8) is 0 Å². The zero-order chi connectivity index (χ0) is 9.47. The first-order valence-electron chi connectivity index (χ1n) is 4.86. The van der Waals surface area contributed by atoms with Gasteiger partial charge >= 0.3 is 0 Å². The lowest BCUT2D eigenvalue weighted by atomic mass is 10.1. The smallest absolute Gasteiger partial charge is 0.0567 e. The Balaban J connectivity index is 2.09. The maximum atomic E-state index is 9.12. The topological polar surface area (TPSA) is 20.2 Å². The van der Waals surface area contributed by atoms with Crippen molar-refractivity contribution in [1.82, 2.24) is 0 Å². The molecule has 0 saturated heterocycles. The predicted molar refractivity (Wildman–Crippen MR) is 44.4 cm³/mol. The molecule has 1 saturated carbocycles. The number of aliphatic hydroxyl groups is 1. The van der Waals surface area contributed by atoms with Gasteiger partial charge in [-0.2, -0.15) is 0 Å². The number of rotatable bonds is 2. The Kier molecular flexibility index (Phi) is 1.20. The van der Waals surface area contributed by atoms with Crippen LogP contribution in [0, 0.1) is 5.92 Å². The van der Waals surface area contributed by atoms with Gasteiger partial charge in [0.05, 0.1) is 2.74 Å². The lowest BCUT2D eigenvalue weighted by Crippen LogP contribution is -1.87. The average molecular weight is 150 g/mol. The summed E-state index contributed by atoms with van der Waals surface area (Å²) >= 11 is 0. The van der Waals surface area contributed by atoms with E-state index in [1.54, 1.807) is 0 Å². The van der Waals surface area contributed by atoms with Gasteiger partial charge in [-0.15, -0.1) is 0 Å². The van der Waals surface area contributed by atoms with E-state index in [0.717, 1.165) is 12.0 Å². The highest BCUT2D eigenvalue weighted by Crippen LogP contribution is 2.46. The minimum absolute atomic E-state index is 0.209. The highest BCUT2D eigenvalue weighted by molar-refractivity contribution is 5.25. The van der Waals surface area contributed by atoms with Crippen LogP contribution >= 0.6 is 0 Å². The fourth-order valence-corrected chi connectivity index (χ4v) is 1.41. The standard InChI is InChI=1S/C10H12O/c11-7-9-6-10(9)8-4-2-1-3-5-8/h1-5,9-11H,6-7H2/t9-,10-/m1/s1/i7D2. The predicted octanol–water partition coefficient (Wildman–Crippen LogP) is 1.78. The van der Waals surface area contributed by atoms with Crippen LogP contribution in [-0.2, 0) is 0 Å². The van der Waals surface area contributed by atoms with Crippen LogP contribution in [0.25, 0.3) is 0 Å². The van der Waals surface area contributed by atoms with Crippen molar-refractivity contribution in [3.8, 4) is 0 Å². The first kappa shape index (κ1) is 4.94. The van der Waals surface area contributed by atoms with Gasteiger partial charge in [-0.25, -0.2) is 0 Å². The molecule has 0 heterocycles. The largest absolute Gasteiger partial charge is 0.396 e. The summed E-state index contributed by atoms with van der Waals surface area (Å²) in [5, 5.41) is 9.12. The van der Waals surface area contributed by atoms with Gasteiger partial charge in [-0.1, -0.05) is 30.3 Å². The fraction of sp³-hybridized carbons (Fsp3) is 0.400. The lowest BCUT2D eigenvalue weighted by molar-refractivity contribution is 0.274. The Morgan fingerprint density at radius 3 is 2.73 bits per heavy atom. The monoisotopic (exact) mass is 150 g/mol. The van der Waals surface area contributed by atoms with Crippen molar-refractivity contribution in [2.24, 2.45) is 5.92 Å². The van der Waals surface area contributed by atoms with E-state index in [1.165, 1.54) is 0 Å². The zero-order valence-electron chi connectivity index (χ0n) is 8.20. The van der Waals surface area contributed by atoms with Crippen LogP contribution in [-0.4, -0.2) is 11.7 Å². The van der Waals surface area contributed by atoms with E-state index < -0.39 is 6.56 Å². The molecule has 0 bridgehead atoms. The maximum Gasteiger partial charge on any atom is 0.0567 e. The summed E-state index contributed by atoms with van der Waals surface area (Å²) in [6, 6.07) is 9.79. The van der Waals surface area contributed by atoms with Gasteiger partial charge in [0.25, 0.3) is 0 Å². The van der Waals surface area contributed by atoms with Crippen LogP contribution in [0.5, 0.6) is 0 Å². The Labute approximate surface area is 69.5 Å². The molecule has 0 amide bonds. The minimum atomic E-state index is -2.01. The van der Waals surface area contributed by atoms with Gasteiger partial charge in [0.1, 0.15) is 0 Å². The highest BCUT2D eigenvalue weighted by atomic mass is 16.3. The molecule has 2 atom stereocenters. The molecule has 1 aliphatic rings. The SMILES string of the molecule is [2H]C([2H])(O)[C@H]1C[C@@H]1c1ccccc1. The molecule has 1 fully saturated rings. The van der Waals surface area contributed by atoms with Gasteiger partial charge in [-0.3, -0.25) is 0 Å². The Hall–Kier alpha value is -0.820. The van der Waals surface area contributed by atoms with E-state index >= 15 is 0 Å². The van der Waals surface area contributed by atoms with Gasteiger partial charge < -0.3 is 5.11 Å². The first-order chi connectivity index (χ1) is 6.09. The van der Waals surface area contributed by atoms with Crippen molar-refractivity contribution in [2.45, 2.75) is 12.3 Å². The molecule has 1 aromatic carbocycles. The molecule has 1 heteroatoms. The van der Waals surface area contributed by atoms with Crippen molar-refractivity contribution in [1.29, 1.82) is 0 Å². The fourth-order valence-electron chi connectivity index (χ4n) is 1.41. The van der Waals surface area contributed by atoms with Crippen molar-refractivity contribution < 1.29 is 7.85 Å². The quantitative estimate of drug-likeness (QED) is 0.681. The zero-order valence-corrected chi connectivity index (χ0v) is 6.20. The first-order valence-corrected chi connectivity index (χ1v) is 3.86. The molecule has 0 aromatic heterocycles. The molecule has 11 heavy (non-hydrogen) atoms. The Morgan fingerprint density at radius 2 is 2.18 bits per heavy atom. The summed E-state index contributed by atoms with van der Waals surface area (Å²) in [5.74, 6) is -0.00361. The third-order valence-corrected chi connectivity index (χ3v) is 2.18. The molecule has 2 rings (SSSR count). The highest BCUT2D eigenvalue weighted by Gasteiger charge is 2.37. The third-order valence-electron chi connectivity index (χ3n) is 2.18. The second kappa shape index (κ2) is 2.67. The molecule has 1 N–H and O–H groups in total. The minimum Gasteiger partial charge on any atom is -0.396 e. The van der Waals surface area contributed by atoms with E-state index in [9.17, 15) is 0 Å². The van der Waals surface area contributed by atoms with E-state index in [0.29, 0.717) is 0 Å². The summed E-state index contributed by atoms with van der Waals surface area (Å²) in [5.41, 5.74) is 1.13. The van der Waals surface area contributed by atoms with Crippen LogP contribution in [0.15, 0.2) is 30.3 Å². The molecule has 0 radical (unpaired) electrons. The molecule has 0 unspecified atom stereocenters. The number of hydrogen-bond acceptors (Lipinski definition) is 1. The number of hydrogen-bond donors (Lipinski definition) is 1. The third kappa shape index (κ3) is 1.29. The van der Waals surface area contributed by atoms with Gasteiger partial charge in [0, 0.05) is 6.56 Å². The van der Waals surface area contributed by atoms with Crippen molar-refractivity contribution >= 4 is 0 Å². The van der Waals surface area contributed by atoms with E-state index in [-0.39, 0.29) is 11.8 Å². The van der Waals surface area contributed by atoms with E-state index in [2.05, 4.69) is 0 Å². The Bertz CT molecular complexity index is 292. The molecule has 58 valence electrons. The van der Waals surface area contributed by atoms with Crippen LogP contribution in [0.2, 0.25) is 0 Å². The maximum absolute atomic E-state index is 9.12. The van der Waals surface area contributed by atoms with E-state index in [1.807, 2.05) is 30.3 Å². The molecule has 1 aromatic rings. The van der Waals surface area contributed by atoms with Gasteiger partial charge in [0.2, 0.25) is 0 Å². The molecule has 0 aliphatic heterocycles. The number of benzene rings is 1. The molecule has 1 nitrogen and oxygen atoms in total. The lowest BCUT2D eigenvalue weighted by Gasteiger charge is -1.96. The van der Waals surface area contributed by atoms with Gasteiger partial charge in [-0.05, 0) is 23.8 Å². The average Bonchev–Trinajstić information content (AvgIpc) is 2.83. The molecule has 1 aliphatic carbocycles. The van der Waals surface area contributed by atoms with Crippen LogP contribution < -0.4 is 0 Å². The van der Waals surface area contributed by atoms with Crippen LogP contribution in [0.4, 0.5) is 0 Å². The summed E-state index contributed by atoms with van der Waals surface area (Å²) in [4.78, 5) is 0. The summed E-state index contributed by atoms with van der Waals surface area (Å²) < 4.78 is 14.3. The second-order valence-corrected chi connectivity index (χ2v) is 2.99. The van der Waals surface area contributed by atoms with E-state index in [4.69, 9.17) is 7.85 Å². The normalized spacial score (nSPS) is 32.5. The van der Waals surface area contributed by atoms with Crippen molar-refractivity contribution in [2.75, 3.05) is 6.56 Å². The summed E-state index contributed by atoms with van der Waals surface area (Å²) in [6.07, 6.45) is 0.757.